The Balaban J connectivity index is 2.15. The third kappa shape index (κ3) is 2.16. The molecule has 3 rings (SSSR count). The van der Waals surface area contributed by atoms with Crippen LogP contribution in [0.15, 0.2) is 42.5 Å². The first-order chi connectivity index (χ1) is 9.69. The maximum absolute atomic E-state index is 11.8. The summed E-state index contributed by atoms with van der Waals surface area (Å²) in [4.78, 5) is 11.8. The summed E-state index contributed by atoms with van der Waals surface area (Å²) in [5.41, 5.74) is 3.23. The Morgan fingerprint density at radius 2 is 1.95 bits per heavy atom. The highest BCUT2D eigenvalue weighted by Gasteiger charge is 2.30. The van der Waals surface area contributed by atoms with Gasteiger partial charge in [-0.1, -0.05) is 35.9 Å². The van der Waals surface area contributed by atoms with Crippen LogP contribution in [0, 0.1) is 6.92 Å². The van der Waals surface area contributed by atoms with E-state index in [4.69, 9.17) is 9.47 Å². The SMILES string of the molecule is COc1ccccc1C1CC(=O)Oc2ccc(C)cc21. The van der Waals surface area contributed by atoms with Crippen molar-refractivity contribution in [2.45, 2.75) is 19.3 Å². The van der Waals surface area contributed by atoms with Crippen LogP contribution in [0.5, 0.6) is 11.5 Å². The van der Waals surface area contributed by atoms with Crippen LogP contribution in [-0.4, -0.2) is 13.1 Å². The van der Waals surface area contributed by atoms with Crippen molar-refractivity contribution in [1.29, 1.82) is 0 Å². The number of carbonyl (C=O) groups excluding carboxylic acids is 1. The largest absolute Gasteiger partial charge is 0.496 e. The lowest BCUT2D eigenvalue weighted by Crippen LogP contribution is -2.21. The zero-order valence-corrected chi connectivity index (χ0v) is 11.6. The zero-order chi connectivity index (χ0) is 14.1. The molecule has 102 valence electrons. The molecule has 0 N–H and O–H groups in total. The Hall–Kier alpha value is -2.29. The number of rotatable bonds is 2. The summed E-state index contributed by atoms with van der Waals surface area (Å²) in [6, 6.07) is 13.7. The molecule has 1 aliphatic rings. The molecule has 0 saturated heterocycles. The summed E-state index contributed by atoms with van der Waals surface area (Å²) in [6.07, 6.45) is 0.344. The minimum atomic E-state index is -0.197. The Bertz CT molecular complexity index is 661. The van der Waals surface area contributed by atoms with Crippen molar-refractivity contribution in [1.82, 2.24) is 0 Å². The predicted octanol–water partition coefficient (Wildman–Crippen LogP) is 3.44. The van der Waals surface area contributed by atoms with E-state index in [0.717, 1.165) is 22.4 Å². The number of carbonyl (C=O) groups is 1. The molecule has 1 heterocycles. The zero-order valence-electron chi connectivity index (χ0n) is 11.6. The molecule has 0 amide bonds. The normalized spacial score (nSPS) is 17.3. The Kier molecular flexibility index (Phi) is 3.18. The highest BCUT2D eigenvalue weighted by Crippen LogP contribution is 2.42. The lowest BCUT2D eigenvalue weighted by Gasteiger charge is -2.26. The molecule has 3 heteroatoms. The van der Waals surface area contributed by atoms with E-state index in [1.165, 1.54) is 0 Å². The maximum Gasteiger partial charge on any atom is 0.312 e. The standard InChI is InChI=1S/C17H16O3/c1-11-7-8-16-14(9-11)13(10-17(18)20-16)12-5-3-4-6-15(12)19-2/h3-9,13H,10H2,1-2H3. The minimum absolute atomic E-state index is 0.0118. The van der Waals surface area contributed by atoms with Crippen LogP contribution in [0.1, 0.15) is 29.0 Å². The molecule has 0 fully saturated rings. The first-order valence-electron chi connectivity index (χ1n) is 6.63. The number of methoxy groups -OCH3 is 1. The van der Waals surface area contributed by atoms with Gasteiger partial charge < -0.3 is 9.47 Å². The molecule has 2 aromatic rings. The van der Waals surface area contributed by atoms with Crippen LogP contribution in [0.25, 0.3) is 0 Å². The third-order valence-electron chi connectivity index (χ3n) is 3.65. The number of benzene rings is 2. The van der Waals surface area contributed by atoms with Crippen LogP contribution < -0.4 is 9.47 Å². The van der Waals surface area contributed by atoms with E-state index in [9.17, 15) is 4.79 Å². The van der Waals surface area contributed by atoms with Gasteiger partial charge in [0, 0.05) is 17.0 Å². The van der Waals surface area contributed by atoms with Crippen molar-refractivity contribution in [3.8, 4) is 11.5 Å². The molecule has 0 radical (unpaired) electrons. The summed E-state index contributed by atoms with van der Waals surface area (Å²) in [5.74, 6) is 1.25. The Morgan fingerprint density at radius 1 is 1.15 bits per heavy atom. The van der Waals surface area contributed by atoms with Gasteiger partial charge in [0.1, 0.15) is 11.5 Å². The van der Waals surface area contributed by atoms with E-state index in [1.807, 2.05) is 43.3 Å². The van der Waals surface area contributed by atoms with Gasteiger partial charge in [0.15, 0.2) is 0 Å². The smallest absolute Gasteiger partial charge is 0.312 e. The van der Waals surface area contributed by atoms with Crippen LogP contribution in [0.3, 0.4) is 0 Å². The number of ether oxygens (including phenoxy) is 2. The number of fused-ring (bicyclic) bond motifs is 1. The molecule has 0 saturated carbocycles. The summed E-state index contributed by atoms with van der Waals surface area (Å²) in [7, 11) is 1.65. The van der Waals surface area contributed by atoms with Crippen LogP contribution >= 0.6 is 0 Å². The van der Waals surface area contributed by atoms with Crippen molar-refractivity contribution in [2.24, 2.45) is 0 Å². The quantitative estimate of drug-likeness (QED) is 0.618. The number of hydrogen-bond acceptors (Lipinski definition) is 3. The average Bonchev–Trinajstić information content (AvgIpc) is 2.47. The second-order valence-corrected chi connectivity index (χ2v) is 5.01. The molecular formula is C17H16O3. The third-order valence-corrected chi connectivity index (χ3v) is 3.65. The summed E-state index contributed by atoms with van der Waals surface area (Å²) in [6.45, 7) is 2.04. The highest BCUT2D eigenvalue weighted by atomic mass is 16.5. The van der Waals surface area contributed by atoms with Crippen molar-refractivity contribution >= 4 is 5.97 Å². The van der Waals surface area contributed by atoms with E-state index in [-0.39, 0.29) is 11.9 Å². The molecule has 3 nitrogen and oxygen atoms in total. The molecule has 0 spiro atoms. The summed E-state index contributed by atoms with van der Waals surface area (Å²) in [5, 5.41) is 0. The van der Waals surface area contributed by atoms with Gasteiger partial charge in [0.2, 0.25) is 0 Å². The van der Waals surface area contributed by atoms with Gasteiger partial charge >= 0.3 is 5.97 Å². The Labute approximate surface area is 118 Å². The van der Waals surface area contributed by atoms with E-state index < -0.39 is 0 Å². The first kappa shape index (κ1) is 12.7. The van der Waals surface area contributed by atoms with Gasteiger partial charge in [-0.15, -0.1) is 0 Å². The molecule has 0 aromatic heterocycles. The molecule has 20 heavy (non-hydrogen) atoms. The minimum Gasteiger partial charge on any atom is -0.496 e. The van der Waals surface area contributed by atoms with Crippen LogP contribution in [0.2, 0.25) is 0 Å². The monoisotopic (exact) mass is 268 g/mol. The van der Waals surface area contributed by atoms with Gasteiger partial charge in [-0.05, 0) is 19.1 Å². The van der Waals surface area contributed by atoms with Crippen molar-refractivity contribution < 1.29 is 14.3 Å². The summed E-state index contributed by atoms with van der Waals surface area (Å²) < 4.78 is 10.8. The lowest BCUT2D eigenvalue weighted by molar-refractivity contribution is -0.135. The second-order valence-electron chi connectivity index (χ2n) is 5.01. The molecule has 2 aromatic carbocycles. The van der Waals surface area contributed by atoms with Crippen LogP contribution in [0.4, 0.5) is 0 Å². The van der Waals surface area contributed by atoms with Crippen molar-refractivity contribution in [3.63, 3.8) is 0 Å². The fraction of sp³-hybridized carbons (Fsp3) is 0.235. The van der Waals surface area contributed by atoms with E-state index in [2.05, 4.69) is 6.07 Å². The molecular weight excluding hydrogens is 252 g/mol. The number of aryl methyl sites for hydroxylation is 1. The predicted molar refractivity (Wildman–Crippen MR) is 76.3 cm³/mol. The number of hydrogen-bond donors (Lipinski definition) is 0. The fourth-order valence-electron chi connectivity index (χ4n) is 2.71. The molecule has 0 bridgehead atoms. The molecule has 1 atom stereocenters. The van der Waals surface area contributed by atoms with Gasteiger partial charge in [-0.3, -0.25) is 4.79 Å². The maximum atomic E-state index is 11.8. The van der Waals surface area contributed by atoms with Gasteiger partial charge in [-0.25, -0.2) is 0 Å². The van der Waals surface area contributed by atoms with E-state index >= 15 is 0 Å². The average molecular weight is 268 g/mol. The fourth-order valence-corrected chi connectivity index (χ4v) is 2.71. The number of esters is 1. The highest BCUT2D eigenvalue weighted by molar-refractivity contribution is 5.78. The van der Waals surface area contributed by atoms with Gasteiger partial charge in [0.05, 0.1) is 13.5 Å². The van der Waals surface area contributed by atoms with Gasteiger partial charge in [0.25, 0.3) is 0 Å². The van der Waals surface area contributed by atoms with Gasteiger partial charge in [-0.2, -0.15) is 0 Å². The Morgan fingerprint density at radius 3 is 2.75 bits per heavy atom. The summed E-state index contributed by atoms with van der Waals surface area (Å²) >= 11 is 0. The van der Waals surface area contributed by atoms with E-state index in [0.29, 0.717) is 12.2 Å². The lowest BCUT2D eigenvalue weighted by atomic mass is 9.85. The molecule has 0 aliphatic carbocycles. The first-order valence-corrected chi connectivity index (χ1v) is 6.63. The van der Waals surface area contributed by atoms with E-state index in [1.54, 1.807) is 7.11 Å². The number of para-hydroxylation sites is 1. The topological polar surface area (TPSA) is 35.5 Å². The second kappa shape index (κ2) is 5.00. The molecule has 1 unspecified atom stereocenters. The molecule has 1 aliphatic heterocycles. The van der Waals surface area contributed by atoms with Crippen molar-refractivity contribution in [3.05, 3.63) is 59.2 Å². The van der Waals surface area contributed by atoms with Crippen molar-refractivity contribution in [2.75, 3.05) is 7.11 Å². The van der Waals surface area contributed by atoms with Crippen LogP contribution in [-0.2, 0) is 4.79 Å².